The van der Waals surface area contributed by atoms with Crippen LogP contribution >= 0.6 is 23.4 Å². The highest BCUT2D eigenvalue weighted by Gasteiger charge is 2.42. The van der Waals surface area contributed by atoms with Crippen LogP contribution in [-0.2, 0) is 4.79 Å². The summed E-state index contributed by atoms with van der Waals surface area (Å²) in [6.07, 6.45) is 0.780. The number of fused-ring (bicyclic) bond motifs is 2. The zero-order valence-corrected chi connectivity index (χ0v) is 17.5. The summed E-state index contributed by atoms with van der Waals surface area (Å²) in [6.45, 7) is 6.08. The molecule has 2 aromatic rings. The summed E-state index contributed by atoms with van der Waals surface area (Å²) in [7, 11) is 3.93. The van der Waals surface area contributed by atoms with Crippen LogP contribution in [0.1, 0.15) is 27.2 Å². The van der Waals surface area contributed by atoms with Crippen molar-refractivity contribution in [2.75, 3.05) is 19.0 Å². The number of carbonyl (C=O) groups excluding carboxylic acids is 1. The highest BCUT2D eigenvalue weighted by molar-refractivity contribution is 7.99. The normalized spacial score (nSPS) is 14.8. The monoisotopic (exact) mass is 388 g/mol. The van der Waals surface area contributed by atoms with E-state index in [9.17, 15) is 4.79 Å². The van der Waals surface area contributed by atoms with Gasteiger partial charge in [-0.1, -0.05) is 42.4 Å². The molecule has 0 fully saturated rings. The maximum atomic E-state index is 13.5. The Labute approximate surface area is 165 Å². The molecule has 0 aliphatic carbocycles. The van der Waals surface area contributed by atoms with Crippen LogP contribution in [0.2, 0.25) is 5.02 Å². The molecule has 0 radical (unpaired) electrons. The molecule has 1 aliphatic rings. The molecule has 3 nitrogen and oxygen atoms in total. The number of halogens is 1. The number of carbonyl (C=O) groups is 1. The molecular weight excluding hydrogens is 364 g/mol. The first-order valence-electron chi connectivity index (χ1n) is 8.84. The number of Topliss-reactive ketones (excluding diaryl/α,β-unsaturated/α-hetero) is 1. The number of hydrogen-bond acceptors (Lipinski definition) is 4. The van der Waals surface area contributed by atoms with E-state index >= 15 is 0 Å². The fourth-order valence-corrected chi connectivity index (χ4v) is 4.84. The molecule has 5 heteroatoms. The Kier molecular flexibility index (Phi) is 5.38. The van der Waals surface area contributed by atoms with Gasteiger partial charge in [-0.3, -0.25) is 9.69 Å². The van der Waals surface area contributed by atoms with Gasteiger partial charge in [0.15, 0.2) is 5.78 Å². The zero-order valence-electron chi connectivity index (χ0n) is 15.9. The number of rotatable bonds is 5. The summed E-state index contributed by atoms with van der Waals surface area (Å²) in [4.78, 5) is 20.0. The molecule has 0 spiro atoms. The van der Waals surface area contributed by atoms with Crippen LogP contribution < -0.4 is 4.90 Å². The van der Waals surface area contributed by atoms with Crippen LogP contribution in [0.4, 0.5) is 11.4 Å². The second-order valence-corrected chi connectivity index (χ2v) is 8.85. The molecule has 0 bridgehead atoms. The Morgan fingerprint density at radius 3 is 2.46 bits per heavy atom. The van der Waals surface area contributed by atoms with Crippen molar-refractivity contribution in [2.45, 2.75) is 48.6 Å². The molecule has 0 saturated carbocycles. The van der Waals surface area contributed by atoms with E-state index in [1.54, 1.807) is 11.8 Å². The van der Waals surface area contributed by atoms with Gasteiger partial charge in [0.25, 0.3) is 0 Å². The Morgan fingerprint density at radius 2 is 1.81 bits per heavy atom. The predicted octanol–water partition coefficient (Wildman–Crippen LogP) is 5.63. The fourth-order valence-electron chi connectivity index (χ4n) is 3.63. The lowest BCUT2D eigenvalue weighted by molar-refractivity contribution is -0.127. The average Bonchev–Trinajstić information content (AvgIpc) is 2.59. The molecule has 0 saturated heterocycles. The van der Waals surface area contributed by atoms with Crippen LogP contribution in [0.3, 0.4) is 0 Å². The highest BCUT2D eigenvalue weighted by Crippen LogP contribution is 2.51. The van der Waals surface area contributed by atoms with Crippen LogP contribution in [-0.4, -0.2) is 36.4 Å². The third-order valence-corrected chi connectivity index (χ3v) is 6.33. The largest absolute Gasteiger partial charge is 0.327 e. The second kappa shape index (κ2) is 7.26. The number of anilines is 2. The number of benzene rings is 2. The molecule has 1 unspecified atom stereocenters. The first-order chi connectivity index (χ1) is 12.3. The van der Waals surface area contributed by atoms with Gasteiger partial charge in [-0.2, -0.15) is 0 Å². The minimum absolute atomic E-state index is 0.130. The molecule has 1 aliphatic heterocycles. The van der Waals surface area contributed by atoms with Crippen molar-refractivity contribution in [1.29, 1.82) is 0 Å². The Hall–Kier alpha value is -1.49. The van der Waals surface area contributed by atoms with Crippen molar-refractivity contribution in [3.8, 4) is 0 Å². The van der Waals surface area contributed by atoms with Gasteiger partial charge in [0.2, 0.25) is 0 Å². The van der Waals surface area contributed by atoms with Gasteiger partial charge < -0.3 is 4.90 Å². The number of para-hydroxylation sites is 1. The summed E-state index contributed by atoms with van der Waals surface area (Å²) in [5.41, 5.74) is 1.34. The van der Waals surface area contributed by atoms with Crippen molar-refractivity contribution in [1.82, 2.24) is 4.90 Å². The average molecular weight is 389 g/mol. The topological polar surface area (TPSA) is 23.6 Å². The second-order valence-electron chi connectivity index (χ2n) is 7.33. The van der Waals surface area contributed by atoms with Crippen LogP contribution in [0.25, 0.3) is 0 Å². The van der Waals surface area contributed by atoms with Gasteiger partial charge in [-0.15, -0.1) is 0 Å². The quantitative estimate of drug-likeness (QED) is 0.662. The lowest BCUT2D eigenvalue weighted by Crippen LogP contribution is -2.55. The zero-order chi connectivity index (χ0) is 19.1. The van der Waals surface area contributed by atoms with E-state index in [1.807, 2.05) is 63.2 Å². The van der Waals surface area contributed by atoms with Crippen molar-refractivity contribution in [2.24, 2.45) is 0 Å². The van der Waals surface area contributed by atoms with Crippen LogP contribution in [0, 0.1) is 0 Å². The highest BCUT2D eigenvalue weighted by atomic mass is 35.5. The summed E-state index contributed by atoms with van der Waals surface area (Å²) in [5.74, 6) is 0.206. The molecular formula is C21H25ClN2OS. The van der Waals surface area contributed by atoms with E-state index in [1.165, 1.54) is 0 Å². The van der Waals surface area contributed by atoms with E-state index in [4.69, 9.17) is 11.6 Å². The number of hydrogen-bond donors (Lipinski definition) is 0. The molecule has 0 amide bonds. The first-order valence-corrected chi connectivity index (χ1v) is 10.0. The Balaban J connectivity index is 2.17. The summed E-state index contributed by atoms with van der Waals surface area (Å²) >= 11 is 8.03. The number of ketones is 1. The van der Waals surface area contributed by atoms with Gasteiger partial charge in [0.1, 0.15) is 0 Å². The molecule has 0 N–H and O–H groups in total. The van der Waals surface area contributed by atoms with Gasteiger partial charge in [-0.25, -0.2) is 0 Å². The minimum atomic E-state index is -0.707. The number of nitrogens with zero attached hydrogens (tertiary/aromatic N) is 2. The Morgan fingerprint density at radius 1 is 1.15 bits per heavy atom. The van der Waals surface area contributed by atoms with E-state index < -0.39 is 5.54 Å². The van der Waals surface area contributed by atoms with E-state index in [0.29, 0.717) is 5.02 Å². The third kappa shape index (κ3) is 3.26. The fraction of sp³-hybridized carbons (Fsp3) is 0.381. The standard InChI is InChI=1S/C21H25ClN2OS/c1-6-15(23(4)5)20(25)21(2,3)24-16-9-7-8-10-18(16)26-19-12-11-14(22)13-17(19)24/h7-13,15H,6H2,1-5H3. The smallest absolute Gasteiger partial charge is 0.175 e. The maximum Gasteiger partial charge on any atom is 0.175 e. The summed E-state index contributed by atoms with van der Waals surface area (Å²) < 4.78 is 0. The van der Waals surface area contributed by atoms with Gasteiger partial charge in [0, 0.05) is 14.8 Å². The molecule has 138 valence electrons. The molecule has 26 heavy (non-hydrogen) atoms. The summed E-state index contributed by atoms with van der Waals surface area (Å²) in [6, 6.07) is 14.0. The van der Waals surface area contributed by atoms with Crippen LogP contribution in [0.5, 0.6) is 0 Å². The summed E-state index contributed by atoms with van der Waals surface area (Å²) in [5, 5.41) is 0.677. The molecule has 2 aromatic carbocycles. The molecule has 0 aromatic heterocycles. The molecule has 3 rings (SSSR count). The number of likely N-dealkylation sites (N-methyl/N-ethyl adjacent to an activating group) is 1. The third-order valence-electron chi connectivity index (χ3n) is 4.96. The van der Waals surface area contributed by atoms with Gasteiger partial charge in [-0.05, 0) is 64.7 Å². The van der Waals surface area contributed by atoms with Crippen molar-refractivity contribution >= 4 is 40.5 Å². The maximum absolute atomic E-state index is 13.5. The minimum Gasteiger partial charge on any atom is -0.327 e. The van der Waals surface area contributed by atoms with E-state index in [2.05, 4.69) is 24.0 Å². The van der Waals surface area contributed by atoms with E-state index in [-0.39, 0.29) is 11.8 Å². The molecule has 1 heterocycles. The van der Waals surface area contributed by atoms with E-state index in [0.717, 1.165) is 27.6 Å². The van der Waals surface area contributed by atoms with Crippen LogP contribution in [0.15, 0.2) is 52.3 Å². The van der Waals surface area contributed by atoms with Gasteiger partial charge in [0.05, 0.1) is 23.0 Å². The van der Waals surface area contributed by atoms with Crippen molar-refractivity contribution < 1.29 is 4.79 Å². The van der Waals surface area contributed by atoms with Crippen molar-refractivity contribution in [3.05, 3.63) is 47.5 Å². The van der Waals surface area contributed by atoms with Gasteiger partial charge >= 0.3 is 0 Å². The predicted molar refractivity (Wildman–Crippen MR) is 111 cm³/mol. The Bertz CT molecular complexity index is 835. The first kappa shape index (κ1) is 19.3. The molecule has 1 atom stereocenters. The lowest BCUT2D eigenvalue weighted by atomic mass is 9.88. The lowest BCUT2D eigenvalue weighted by Gasteiger charge is -2.45. The SMILES string of the molecule is CCC(C(=O)C(C)(C)N1c2ccccc2Sc2ccc(Cl)cc21)N(C)C. The van der Waals surface area contributed by atoms with Crippen molar-refractivity contribution in [3.63, 3.8) is 0 Å².